The molecule has 0 saturated carbocycles. The van der Waals surface area contributed by atoms with Crippen LogP contribution in [0.15, 0.2) is 47.4 Å². The number of aryl methyl sites for hydroxylation is 1. The molecule has 0 aromatic heterocycles. The number of piperidine rings is 1. The fourth-order valence-corrected chi connectivity index (χ4v) is 5.92. The molecule has 0 unspecified atom stereocenters. The van der Waals surface area contributed by atoms with Crippen molar-refractivity contribution in [3.63, 3.8) is 0 Å². The largest absolute Gasteiger partial charge is 0.366 e. The van der Waals surface area contributed by atoms with Crippen molar-refractivity contribution in [2.45, 2.75) is 43.4 Å². The Morgan fingerprint density at radius 2 is 1.60 bits per heavy atom. The molecule has 2 aromatic carbocycles. The summed E-state index contributed by atoms with van der Waals surface area (Å²) in [5.74, 6) is 0.205. The van der Waals surface area contributed by atoms with Crippen molar-refractivity contribution in [2.24, 2.45) is 0 Å². The molecule has 0 spiro atoms. The van der Waals surface area contributed by atoms with Crippen LogP contribution in [-0.2, 0) is 10.0 Å². The predicted octanol–water partition coefficient (Wildman–Crippen LogP) is 4.07. The standard InChI is InChI=1S/C22H27N3O4S/c1-17-4-7-20(8-5-17)30(28,29)24-14-10-18(11-15-24)19-6-9-21(25(26)27)22(16-19)23-12-2-3-13-23/h4-9,16,18H,2-3,10-15H2,1H3. The molecule has 7 nitrogen and oxygen atoms in total. The number of sulfonamides is 1. The molecule has 4 rings (SSSR count). The molecule has 0 N–H and O–H groups in total. The van der Waals surface area contributed by atoms with Gasteiger partial charge in [0.1, 0.15) is 5.69 Å². The van der Waals surface area contributed by atoms with E-state index >= 15 is 0 Å². The van der Waals surface area contributed by atoms with E-state index in [1.807, 2.05) is 31.2 Å². The third-order valence-electron chi connectivity index (χ3n) is 6.23. The fourth-order valence-electron chi connectivity index (χ4n) is 4.45. The summed E-state index contributed by atoms with van der Waals surface area (Å²) >= 11 is 0. The van der Waals surface area contributed by atoms with Gasteiger partial charge in [0.2, 0.25) is 10.0 Å². The molecule has 2 aromatic rings. The summed E-state index contributed by atoms with van der Waals surface area (Å²) < 4.78 is 27.4. The SMILES string of the molecule is Cc1ccc(S(=O)(=O)N2CCC(c3ccc([N+](=O)[O-])c(N4CCCC4)c3)CC2)cc1. The first kappa shape index (κ1) is 20.8. The Kier molecular flexibility index (Phi) is 5.79. The zero-order valence-corrected chi connectivity index (χ0v) is 18.0. The molecule has 2 aliphatic rings. The second-order valence-electron chi connectivity index (χ2n) is 8.19. The quantitative estimate of drug-likeness (QED) is 0.528. The summed E-state index contributed by atoms with van der Waals surface area (Å²) in [6, 6.07) is 12.4. The summed E-state index contributed by atoms with van der Waals surface area (Å²) in [5, 5.41) is 11.5. The molecule has 0 amide bonds. The Labute approximate surface area is 177 Å². The van der Waals surface area contributed by atoms with E-state index in [2.05, 4.69) is 4.90 Å². The Bertz CT molecular complexity index is 1020. The van der Waals surface area contributed by atoms with Crippen LogP contribution in [0.4, 0.5) is 11.4 Å². The lowest BCUT2D eigenvalue weighted by Crippen LogP contribution is -2.37. The van der Waals surface area contributed by atoms with Gasteiger partial charge in [0, 0.05) is 32.2 Å². The van der Waals surface area contributed by atoms with Crippen LogP contribution in [0, 0.1) is 17.0 Å². The lowest BCUT2D eigenvalue weighted by Gasteiger charge is -2.32. The summed E-state index contributed by atoms with van der Waals surface area (Å²) in [6.45, 7) is 4.53. The van der Waals surface area contributed by atoms with Crippen molar-refractivity contribution in [3.05, 3.63) is 63.7 Å². The maximum absolute atomic E-state index is 12.9. The first-order valence-electron chi connectivity index (χ1n) is 10.5. The Balaban J connectivity index is 1.50. The molecule has 0 aliphatic carbocycles. The molecule has 2 aliphatic heterocycles. The van der Waals surface area contributed by atoms with Crippen molar-refractivity contribution in [1.29, 1.82) is 0 Å². The van der Waals surface area contributed by atoms with Crippen molar-refractivity contribution in [1.82, 2.24) is 4.31 Å². The number of nitrogens with zero attached hydrogens (tertiary/aromatic N) is 3. The van der Waals surface area contributed by atoms with Crippen LogP contribution >= 0.6 is 0 Å². The lowest BCUT2D eigenvalue weighted by atomic mass is 9.89. The topological polar surface area (TPSA) is 83.8 Å². The van der Waals surface area contributed by atoms with Gasteiger partial charge in [-0.15, -0.1) is 0 Å². The van der Waals surface area contributed by atoms with E-state index in [4.69, 9.17) is 0 Å². The van der Waals surface area contributed by atoms with E-state index in [0.29, 0.717) is 36.5 Å². The monoisotopic (exact) mass is 429 g/mol. The number of hydrogen-bond donors (Lipinski definition) is 0. The van der Waals surface area contributed by atoms with Gasteiger partial charge >= 0.3 is 0 Å². The second kappa shape index (κ2) is 8.35. The third-order valence-corrected chi connectivity index (χ3v) is 8.14. The van der Waals surface area contributed by atoms with Crippen LogP contribution < -0.4 is 4.90 Å². The van der Waals surface area contributed by atoms with E-state index in [-0.39, 0.29) is 16.5 Å². The highest BCUT2D eigenvalue weighted by atomic mass is 32.2. The minimum atomic E-state index is -3.49. The van der Waals surface area contributed by atoms with E-state index < -0.39 is 10.0 Å². The number of rotatable bonds is 5. The van der Waals surface area contributed by atoms with Crippen molar-refractivity contribution in [3.8, 4) is 0 Å². The van der Waals surface area contributed by atoms with E-state index in [1.165, 1.54) is 0 Å². The van der Waals surface area contributed by atoms with Crippen molar-refractivity contribution >= 4 is 21.4 Å². The van der Waals surface area contributed by atoms with Gasteiger partial charge in [-0.05, 0) is 62.3 Å². The molecular formula is C22H27N3O4S. The predicted molar refractivity (Wildman–Crippen MR) is 116 cm³/mol. The molecule has 0 radical (unpaired) electrons. The van der Waals surface area contributed by atoms with E-state index in [9.17, 15) is 18.5 Å². The molecule has 0 atom stereocenters. The molecule has 2 saturated heterocycles. The van der Waals surface area contributed by atoms with Gasteiger partial charge in [-0.25, -0.2) is 8.42 Å². The van der Waals surface area contributed by atoms with Crippen molar-refractivity contribution in [2.75, 3.05) is 31.1 Å². The smallest absolute Gasteiger partial charge is 0.292 e. The first-order chi connectivity index (χ1) is 14.4. The molecule has 2 fully saturated rings. The summed E-state index contributed by atoms with van der Waals surface area (Å²) in [6.07, 6.45) is 3.53. The maximum atomic E-state index is 12.9. The number of benzene rings is 2. The molecule has 160 valence electrons. The maximum Gasteiger partial charge on any atom is 0.292 e. The van der Waals surface area contributed by atoms with Gasteiger partial charge in [0.25, 0.3) is 5.69 Å². The summed E-state index contributed by atoms with van der Waals surface area (Å²) in [7, 11) is -3.49. The average molecular weight is 430 g/mol. The third kappa shape index (κ3) is 4.06. The molecule has 0 bridgehead atoms. The minimum Gasteiger partial charge on any atom is -0.366 e. The highest BCUT2D eigenvalue weighted by Crippen LogP contribution is 2.37. The average Bonchev–Trinajstić information content (AvgIpc) is 3.28. The van der Waals surface area contributed by atoms with Gasteiger partial charge in [-0.2, -0.15) is 4.31 Å². The Morgan fingerprint density at radius 1 is 0.967 bits per heavy atom. The zero-order valence-electron chi connectivity index (χ0n) is 17.2. The molecule has 2 heterocycles. The lowest BCUT2D eigenvalue weighted by molar-refractivity contribution is -0.384. The summed E-state index contributed by atoms with van der Waals surface area (Å²) in [5.41, 5.74) is 2.94. The number of nitro groups is 1. The Morgan fingerprint density at radius 3 is 2.20 bits per heavy atom. The summed E-state index contributed by atoms with van der Waals surface area (Å²) in [4.78, 5) is 13.6. The normalized spacial score (nSPS) is 18.6. The van der Waals surface area contributed by atoms with Crippen LogP contribution in [0.3, 0.4) is 0 Å². The number of anilines is 1. The van der Waals surface area contributed by atoms with Gasteiger partial charge in [-0.3, -0.25) is 10.1 Å². The number of nitro benzene ring substituents is 1. The van der Waals surface area contributed by atoms with Crippen LogP contribution in [0.2, 0.25) is 0 Å². The minimum absolute atomic E-state index is 0.153. The Hall–Kier alpha value is -2.45. The van der Waals surface area contributed by atoms with Crippen LogP contribution in [0.5, 0.6) is 0 Å². The number of hydrogen-bond acceptors (Lipinski definition) is 5. The highest BCUT2D eigenvalue weighted by Gasteiger charge is 2.31. The van der Waals surface area contributed by atoms with Crippen LogP contribution in [0.1, 0.15) is 42.7 Å². The van der Waals surface area contributed by atoms with Gasteiger partial charge in [0.15, 0.2) is 0 Å². The van der Waals surface area contributed by atoms with E-state index in [1.54, 1.807) is 22.5 Å². The molecule has 30 heavy (non-hydrogen) atoms. The van der Waals surface area contributed by atoms with E-state index in [0.717, 1.165) is 37.1 Å². The van der Waals surface area contributed by atoms with Crippen LogP contribution in [-0.4, -0.2) is 43.8 Å². The van der Waals surface area contributed by atoms with Gasteiger partial charge in [-0.1, -0.05) is 23.8 Å². The highest BCUT2D eigenvalue weighted by molar-refractivity contribution is 7.89. The molecular weight excluding hydrogens is 402 g/mol. The second-order valence-corrected chi connectivity index (χ2v) is 10.1. The van der Waals surface area contributed by atoms with Crippen LogP contribution in [0.25, 0.3) is 0 Å². The first-order valence-corrected chi connectivity index (χ1v) is 11.9. The fraction of sp³-hybridized carbons (Fsp3) is 0.455. The van der Waals surface area contributed by atoms with Crippen molar-refractivity contribution < 1.29 is 13.3 Å². The van der Waals surface area contributed by atoms with Gasteiger partial charge in [0.05, 0.1) is 9.82 Å². The zero-order chi connectivity index (χ0) is 21.3. The van der Waals surface area contributed by atoms with Gasteiger partial charge < -0.3 is 4.90 Å². The molecule has 8 heteroatoms.